The second kappa shape index (κ2) is 8.03. The molecule has 0 N–H and O–H groups in total. The Bertz CT molecular complexity index is 583. The molecule has 0 radical (unpaired) electrons. The molecular weight excluding hydrogens is 316 g/mol. The second-order valence-electron chi connectivity index (χ2n) is 5.97. The molecule has 130 valence electrons. The standard InChI is InChI=1S/C15H26N4O3S/c1-4-13-11-16-15(17-12-13)19-7-5-14(6-8-19)18(2)9-10-22-23(3,20)21/h11-12,14H,4-10H2,1-3H3. The van der Waals surface area contributed by atoms with Crippen LogP contribution in [0.1, 0.15) is 25.3 Å². The Morgan fingerprint density at radius 3 is 2.43 bits per heavy atom. The number of likely N-dealkylation sites (N-methyl/N-ethyl adjacent to an activating group) is 1. The largest absolute Gasteiger partial charge is 0.341 e. The van der Waals surface area contributed by atoms with Crippen LogP contribution in [0.25, 0.3) is 0 Å². The molecule has 1 aromatic rings. The molecule has 2 heterocycles. The van der Waals surface area contributed by atoms with Crippen LogP contribution in [-0.2, 0) is 20.7 Å². The van der Waals surface area contributed by atoms with E-state index in [0.717, 1.165) is 50.1 Å². The maximum absolute atomic E-state index is 11.0. The zero-order chi connectivity index (χ0) is 16.9. The molecule has 0 unspecified atom stereocenters. The molecule has 0 aliphatic carbocycles. The van der Waals surface area contributed by atoms with Crippen molar-refractivity contribution in [3.8, 4) is 0 Å². The van der Waals surface area contributed by atoms with Crippen LogP contribution in [0.2, 0.25) is 0 Å². The fourth-order valence-electron chi connectivity index (χ4n) is 2.72. The highest BCUT2D eigenvalue weighted by molar-refractivity contribution is 7.85. The van der Waals surface area contributed by atoms with Crippen molar-refractivity contribution in [3.05, 3.63) is 18.0 Å². The molecule has 1 aromatic heterocycles. The third-order valence-electron chi connectivity index (χ3n) is 4.21. The third-order valence-corrected chi connectivity index (χ3v) is 4.81. The predicted octanol–water partition coefficient (Wildman–Crippen LogP) is 0.916. The Labute approximate surface area is 138 Å². The molecule has 0 amide bonds. The molecule has 0 bridgehead atoms. The van der Waals surface area contributed by atoms with E-state index < -0.39 is 10.1 Å². The van der Waals surface area contributed by atoms with E-state index in [0.29, 0.717) is 12.6 Å². The second-order valence-corrected chi connectivity index (χ2v) is 7.61. The van der Waals surface area contributed by atoms with Gasteiger partial charge in [-0.1, -0.05) is 6.92 Å². The number of aryl methyl sites for hydroxylation is 1. The summed E-state index contributed by atoms with van der Waals surface area (Å²) in [7, 11) is -1.34. The maximum atomic E-state index is 11.0. The van der Waals surface area contributed by atoms with E-state index in [9.17, 15) is 8.42 Å². The van der Waals surface area contributed by atoms with Gasteiger partial charge in [-0.2, -0.15) is 8.42 Å². The van der Waals surface area contributed by atoms with Crippen LogP contribution in [0.4, 0.5) is 5.95 Å². The van der Waals surface area contributed by atoms with Gasteiger partial charge in [-0.15, -0.1) is 0 Å². The third kappa shape index (κ3) is 5.71. The van der Waals surface area contributed by atoms with Gasteiger partial charge in [-0.05, 0) is 31.9 Å². The molecular formula is C15H26N4O3S. The molecule has 0 spiro atoms. The van der Waals surface area contributed by atoms with E-state index in [1.807, 2.05) is 19.4 Å². The van der Waals surface area contributed by atoms with Gasteiger partial charge in [-0.3, -0.25) is 4.18 Å². The molecule has 0 saturated carbocycles. The zero-order valence-electron chi connectivity index (χ0n) is 14.1. The number of anilines is 1. The van der Waals surface area contributed by atoms with Gasteiger partial charge in [0.15, 0.2) is 0 Å². The van der Waals surface area contributed by atoms with Crippen molar-refractivity contribution in [2.45, 2.75) is 32.2 Å². The Kier molecular flexibility index (Phi) is 6.32. The topological polar surface area (TPSA) is 75.6 Å². The summed E-state index contributed by atoms with van der Waals surface area (Å²) in [6.07, 6.45) is 7.83. The normalized spacial score (nSPS) is 17.0. The van der Waals surface area contributed by atoms with Crippen molar-refractivity contribution >= 4 is 16.1 Å². The number of nitrogens with zero attached hydrogens (tertiary/aromatic N) is 4. The van der Waals surface area contributed by atoms with Crippen LogP contribution >= 0.6 is 0 Å². The van der Waals surface area contributed by atoms with Gasteiger partial charge >= 0.3 is 0 Å². The summed E-state index contributed by atoms with van der Waals surface area (Å²) in [5.74, 6) is 0.795. The SMILES string of the molecule is CCc1cnc(N2CCC(N(C)CCOS(C)(=O)=O)CC2)nc1. The van der Waals surface area contributed by atoms with E-state index in [2.05, 4.69) is 26.7 Å². The Morgan fingerprint density at radius 1 is 1.30 bits per heavy atom. The summed E-state index contributed by atoms with van der Waals surface area (Å²) in [6.45, 7) is 4.73. The minimum absolute atomic E-state index is 0.205. The lowest BCUT2D eigenvalue weighted by Gasteiger charge is -2.36. The molecule has 1 aliphatic heterocycles. The summed E-state index contributed by atoms with van der Waals surface area (Å²) in [4.78, 5) is 13.2. The van der Waals surface area contributed by atoms with Crippen LogP contribution < -0.4 is 4.90 Å². The monoisotopic (exact) mass is 342 g/mol. The molecule has 7 nitrogen and oxygen atoms in total. The fourth-order valence-corrected chi connectivity index (χ4v) is 3.09. The first-order valence-corrected chi connectivity index (χ1v) is 9.81. The fraction of sp³-hybridized carbons (Fsp3) is 0.733. The first-order valence-electron chi connectivity index (χ1n) is 7.99. The van der Waals surface area contributed by atoms with Crippen molar-refractivity contribution in [2.24, 2.45) is 0 Å². The van der Waals surface area contributed by atoms with Crippen LogP contribution in [-0.4, -0.2) is 68.9 Å². The summed E-state index contributed by atoms with van der Waals surface area (Å²) in [6, 6.07) is 0.435. The Balaban J connectivity index is 1.78. The highest BCUT2D eigenvalue weighted by Gasteiger charge is 2.23. The molecule has 2 rings (SSSR count). The summed E-state index contributed by atoms with van der Waals surface area (Å²) in [5, 5.41) is 0. The molecule has 23 heavy (non-hydrogen) atoms. The van der Waals surface area contributed by atoms with E-state index in [1.54, 1.807) is 0 Å². The van der Waals surface area contributed by atoms with Crippen LogP contribution in [0.3, 0.4) is 0 Å². The van der Waals surface area contributed by atoms with Gasteiger partial charge in [0.25, 0.3) is 10.1 Å². The molecule has 0 atom stereocenters. The van der Waals surface area contributed by atoms with Crippen molar-refractivity contribution in [3.63, 3.8) is 0 Å². The number of piperidine rings is 1. The van der Waals surface area contributed by atoms with Gasteiger partial charge in [-0.25, -0.2) is 9.97 Å². The molecule has 1 saturated heterocycles. The van der Waals surface area contributed by atoms with Crippen LogP contribution in [0.15, 0.2) is 12.4 Å². The van der Waals surface area contributed by atoms with Gasteiger partial charge in [0, 0.05) is 38.1 Å². The van der Waals surface area contributed by atoms with Crippen molar-refractivity contribution in [2.75, 3.05) is 44.4 Å². The number of aromatic nitrogens is 2. The lowest BCUT2D eigenvalue weighted by Crippen LogP contribution is -2.44. The maximum Gasteiger partial charge on any atom is 0.264 e. The summed E-state index contributed by atoms with van der Waals surface area (Å²) in [5.41, 5.74) is 1.15. The molecule has 0 aromatic carbocycles. The van der Waals surface area contributed by atoms with Gasteiger partial charge < -0.3 is 9.80 Å². The first kappa shape index (κ1) is 18.1. The zero-order valence-corrected chi connectivity index (χ0v) is 14.9. The molecule has 8 heteroatoms. The smallest absolute Gasteiger partial charge is 0.264 e. The van der Waals surface area contributed by atoms with Gasteiger partial charge in [0.05, 0.1) is 12.9 Å². The van der Waals surface area contributed by atoms with Crippen molar-refractivity contribution in [1.82, 2.24) is 14.9 Å². The van der Waals surface area contributed by atoms with Gasteiger partial charge in [0.2, 0.25) is 5.95 Å². The van der Waals surface area contributed by atoms with E-state index in [1.165, 1.54) is 0 Å². The minimum atomic E-state index is -3.35. The first-order chi connectivity index (χ1) is 10.9. The van der Waals surface area contributed by atoms with Crippen molar-refractivity contribution < 1.29 is 12.6 Å². The van der Waals surface area contributed by atoms with Crippen LogP contribution in [0, 0.1) is 0 Å². The van der Waals surface area contributed by atoms with Crippen molar-refractivity contribution in [1.29, 1.82) is 0 Å². The van der Waals surface area contributed by atoms with E-state index in [4.69, 9.17) is 4.18 Å². The lowest BCUT2D eigenvalue weighted by atomic mass is 10.0. The molecule has 1 aliphatic rings. The lowest BCUT2D eigenvalue weighted by molar-refractivity contribution is 0.173. The highest BCUT2D eigenvalue weighted by atomic mass is 32.2. The summed E-state index contributed by atoms with van der Waals surface area (Å²) < 4.78 is 26.7. The van der Waals surface area contributed by atoms with Gasteiger partial charge in [0.1, 0.15) is 0 Å². The van der Waals surface area contributed by atoms with Crippen LogP contribution in [0.5, 0.6) is 0 Å². The molecule has 1 fully saturated rings. The van der Waals surface area contributed by atoms with E-state index in [-0.39, 0.29) is 6.61 Å². The number of hydrogen-bond donors (Lipinski definition) is 0. The van der Waals surface area contributed by atoms with E-state index >= 15 is 0 Å². The predicted molar refractivity (Wildman–Crippen MR) is 90.1 cm³/mol. The number of rotatable bonds is 7. The number of hydrogen-bond acceptors (Lipinski definition) is 7. The summed E-state index contributed by atoms with van der Waals surface area (Å²) >= 11 is 0. The average molecular weight is 342 g/mol. The Hall–Kier alpha value is -1.25. The minimum Gasteiger partial charge on any atom is -0.341 e. The average Bonchev–Trinajstić information content (AvgIpc) is 2.54. The quantitative estimate of drug-likeness (QED) is 0.682. The highest BCUT2D eigenvalue weighted by Crippen LogP contribution is 2.19. The Morgan fingerprint density at radius 2 is 1.91 bits per heavy atom.